The van der Waals surface area contributed by atoms with Crippen LogP contribution in [0.5, 0.6) is 0 Å². The molecule has 0 spiro atoms. The van der Waals surface area contributed by atoms with Crippen molar-refractivity contribution in [2.75, 3.05) is 20.0 Å². The third-order valence-corrected chi connectivity index (χ3v) is 2.82. The fraction of sp³-hybridized carbons (Fsp3) is 0.417. The summed E-state index contributed by atoms with van der Waals surface area (Å²) < 4.78 is 17.8. The van der Waals surface area contributed by atoms with Crippen LogP contribution in [0.25, 0.3) is 0 Å². The topological polar surface area (TPSA) is 38.3 Å². The quantitative estimate of drug-likeness (QED) is 0.846. The van der Waals surface area contributed by atoms with Crippen molar-refractivity contribution >= 4 is 17.7 Å². The Hall–Kier alpha value is -1.07. The lowest BCUT2D eigenvalue weighted by Crippen LogP contribution is -2.27. The third-order valence-electron chi connectivity index (χ3n) is 2.22. The standard InChI is InChI=1S/C12H16FNO2S/c1-16-7-12(15)14-6-9-3-4-11(13)5-10(9)8-17-2/h3-5H,6-8H2,1-2H3,(H,14,15). The first-order valence-electron chi connectivity index (χ1n) is 5.19. The van der Waals surface area contributed by atoms with Crippen molar-refractivity contribution in [3.63, 3.8) is 0 Å². The maximum atomic E-state index is 13.1. The van der Waals surface area contributed by atoms with Gasteiger partial charge in [-0.25, -0.2) is 4.39 Å². The number of thioether (sulfide) groups is 1. The fourth-order valence-electron chi connectivity index (χ4n) is 1.43. The zero-order chi connectivity index (χ0) is 12.7. The van der Waals surface area contributed by atoms with Crippen LogP contribution in [0.1, 0.15) is 11.1 Å². The lowest BCUT2D eigenvalue weighted by atomic mass is 10.1. The highest BCUT2D eigenvalue weighted by atomic mass is 32.2. The van der Waals surface area contributed by atoms with Gasteiger partial charge in [-0.2, -0.15) is 11.8 Å². The zero-order valence-electron chi connectivity index (χ0n) is 9.96. The Bertz CT molecular complexity index is 385. The summed E-state index contributed by atoms with van der Waals surface area (Å²) in [6, 6.07) is 4.61. The number of nitrogens with one attached hydrogen (secondary N) is 1. The number of methoxy groups -OCH3 is 1. The van der Waals surface area contributed by atoms with Crippen LogP contribution >= 0.6 is 11.8 Å². The van der Waals surface area contributed by atoms with Crippen LogP contribution in [-0.2, 0) is 21.8 Å². The minimum Gasteiger partial charge on any atom is -0.375 e. The first kappa shape index (κ1) is 14.0. The molecular weight excluding hydrogens is 241 g/mol. The second-order valence-electron chi connectivity index (χ2n) is 3.56. The van der Waals surface area contributed by atoms with Crippen LogP contribution in [-0.4, -0.2) is 25.9 Å². The molecule has 0 bridgehead atoms. The summed E-state index contributed by atoms with van der Waals surface area (Å²) in [7, 11) is 1.47. The van der Waals surface area contributed by atoms with Crippen LogP contribution in [0.15, 0.2) is 18.2 Å². The summed E-state index contributed by atoms with van der Waals surface area (Å²) in [6.07, 6.45) is 1.96. The number of carbonyl (C=O) groups is 1. The van der Waals surface area contributed by atoms with Crippen molar-refractivity contribution in [1.29, 1.82) is 0 Å². The molecule has 17 heavy (non-hydrogen) atoms. The SMILES string of the molecule is COCC(=O)NCc1ccc(F)cc1CSC. The van der Waals surface area contributed by atoms with Crippen molar-refractivity contribution in [3.05, 3.63) is 35.1 Å². The highest BCUT2D eigenvalue weighted by Crippen LogP contribution is 2.16. The number of carbonyl (C=O) groups excluding carboxylic acids is 1. The molecule has 0 aliphatic rings. The third kappa shape index (κ3) is 4.75. The Morgan fingerprint density at radius 1 is 1.47 bits per heavy atom. The zero-order valence-corrected chi connectivity index (χ0v) is 10.8. The highest BCUT2D eigenvalue weighted by Gasteiger charge is 2.06. The smallest absolute Gasteiger partial charge is 0.246 e. The summed E-state index contributed by atoms with van der Waals surface area (Å²) in [5, 5.41) is 2.72. The van der Waals surface area contributed by atoms with Crippen molar-refractivity contribution in [3.8, 4) is 0 Å². The van der Waals surface area contributed by atoms with Gasteiger partial charge in [-0.05, 0) is 29.5 Å². The molecule has 0 radical (unpaired) electrons. The van der Waals surface area contributed by atoms with Gasteiger partial charge in [0.05, 0.1) is 0 Å². The molecule has 0 aliphatic heterocycles. The number of benzene rings is 1. The van der Waals surface area contributed by atoms with Crippen molar-refractivity contribution in [2.45, 2.75) is 12.3 Å². The molecule has 5 heteroatoms. The first-order valence-corrected chi connectivity index (χ1v) is 6.58. The Labute approximate surface area is 105 Å². The van der Waals surface area contributed by atoms with Gasteiger partial charge < -0.3 is 10.1 Å². The van der Waals surface area contributed by atoms with E-state index in [0.29, 0.717) is 6.54 Å². The number of ether oxygens (including phenoxy) is 1. The molecule has 1 N–H and O–H groups in total. The summed E-state index contributed by atoms with van der Waals surface area (Å²) in [6.45, 7) is 0.442. The molecule has 0 aromatic heterocycles. The molecule has 0 heterocycles. The molecule has 3 nitrogen and oxygen atoms in total. The summed E-state index contributed by atoms with van der Waals surface area (Å²) in [4.78, 5) is 11.2. The van der Waals surface area contributed by atoms with E-state index in [0.717, 1.165) is 16.9 Å². The predicted molar refractivity (Wildman–Crippen MR) is 67.3 cm³/mol. The Morgan fingerprint density at radius 2 is 2.24 bits per heavy atom. The summed E-state index contributed by atoms with van der Waals surface area (Å²) in [5.41, 5.74) is 1.85. The molecule has 0 atom stereocenters. The highest BCUT2D eigenvalue weighted by molar-refractivity contribution is 7.97. The fourth-order valence-corrected chi connectivity index (χ4v) is 2.01. The van der Waals surface area contributed by atoms with E-state index in [9.17, 15) is 9.18 Å². The van der Waals surface area contributed by atoms with Crippen molar-refractivity contribution in [2.24, 2.45) is 0 Å². The molecule has 0 fully saturated rings. The lowest BCUT2D eigenvalue weighted by molar-refractivity contribution is -0.124. The number of rotatable bonds is 6. The number of hydrogen-bond donors (Lipinski definition) is 1. The van der Waals surface area contributed by atoms with E-state index in [1.54, 1.807) is 17.8 Å². The monoisotopic (exact) mass is 257 g/mol. The minimum atomic E-state index is -0.249. The van der Waals surface area contributed by atoms with Crippen LogP contribution < -0.4 is 5.32 Å². The molecule has 0 unspecified atom stereocenters. The lowest BCUT2D eigenvalue weighted by Gasteiger charge is -2.10. The number of amides is 1. The predicted octanol–water partition coefficient (Wildman–Crippen LogP) is 1.95. The molecule has 1 amide bonds. The number of halogens is 1. The van der Waals surface area contributed by atoms with Gasteiger partial charge in [0.2, 0.25) is 5.91 Å². The van der Waals surface area contributed by atoms with E-state index in [1.807, 2.05) is 6.26 Å². The normalized spacial score (nSPS) is 10.3. The van der Waals surface area contributed by atoms with Gasteiger partial charge >= 0.3 is 0 Å². The molecule has 94 valence electrons. The van der Waals surface area contributed by atoms with Gasteiger partial charge in [0.25, 0.3) is 0 Å². The van der Waals surface area contributed by atoms with Gasteiger partial charge in [-0.3, -0.25) is 4.79 Å². The van der Waals surface area contributed by atoms with Crippen LogP contribution in [0, 0.1) is 5.82 Å². The van der Waals surface area contributed by atoms with Crippen LogP contribution in [0.4, 0.5) is 4.39 Å². The van der Waals surface area contributed by atoms with E-state index >= 15 is 0 Å². The Balaban J connectivity index is 2.66. The molecule has 1 rings (SSSR count). The molecule has 1 aromatic carbocycles. The van der Waals surface area contributed by atoms with E-state index in [4.69, 9.17) is 4.74 Å². The molecule has 0 saturated heterocycles. The Kier molecular flexibility index (Phi) is 6.00. The van der Waals surface area contributed by atoms with Gasteiger partial charge in [0.15, 0.2) is 0 Å². The summed E-state index contributed by atoms with van der Waals surface area (Å²) in [5.74, 6) is 0.306. The Morgan fingerprint density at radius 3 is 2.88 bits per heavy atom. The van der Waals surface area contributed by atoms with Gasteiger partial charge in [-0.15, -0.1) is 0 Å². The minimum absolute atomic E-state index is 0.0407. The molecule has 0 aliphatic carbocycles. The number of hydrogen-bond acceptors (Lipinski definition) is 3. The van der Waals surface area contributed by atoms with Gasteiger partial charge in [0.1, 0.15) is 12.4 Å². The van der Waals surface area contributed by atoms with Crippen LogP contribution in [0.2, 0.25) is 0 Å². The summed E-state index contributed by atoms with van der Waals surface area (Å²) >= 11 is 1.62. The molecule has 1 aromatic rings. The molecule has 0 saturated carbocycles. The van der Waals surface area contributed by atoms with E-state index in [2.05, 4.69) is 5.32 Å². The average Bonchev–Trinajstić information content (AvgIpc) is 2.29. The maximum absolute atomic E-state index is 13.1. The first-order chi connectivity index (χ1) is 8.17. The molecular formula is C12H16FNO2S. The largest absolute Gasteiger partial charge is 0.375 e. The van der Waals surface area contributed by atoms with Crippen molar-refractivity contribution in [1.82, 2.24) is 5.32 Å². The maximum Gasteiger partial charge on any atom is 0.246 e. The second-order valence-corrected chi connectivity index (χ2v) is 4.42. The van der Waals surface area contributed by atoms with E-state index in [1.165, 1.54) is 19.2 Å². The van der Waals surface area contributed by atoms with E-state index < -0.39 is 0 Å². The van der Waals surface area contributed by atoms with Crippen LogP contribution in [0.3, 0.4) is 0 Å². The average molecular weight is 257 g/mol. The van der Waals surface area contributed by atoms with Gasteiger partial charge in [-0.1, -0.05) is 6.07 Å². The van der Waals surface area contributed by atoms with Gasteiger partial charge in [0, 0.05) is 19.4 Å². The second kappa shape index (κ2) is 7.29. The van der Waals surface area contributed by atoms with Crippen molar-refractivity contribution < 1.29 is 13.9 Å². The van der Waals surface area contributed by atoms with E-state index in [-0.39, 0.29) is 18.3 Å².